The van der Waals surface area contributed by atoms with Gasteiger partial charge in [-0.05, 0) is 42.7 Å². The van der Waals surface area contributed by atoms with Crippen molar-refractivity contribution in [3.05, 3.63) is 48.3 Å². The molecular weight excluding hydrogens is 414 g/mol. The Morgan fingerprint density at radius 2 is 1.94 bits per heavy atom. The highest BCUT2D eigenvalue weighted by molar-refractivity contribution is 7.99. The Balaban J connectivity index is 1.27. The van der Waals surface area contributed by atoms with Crippen LogP contribution >= 0.6 is 11.8 Å². The van der Waals surface area contributed by atoms with E-state index < -0.39 is 0 Å². The predicted molar refractivity (Wildman–Crippen MR) is 116 cm³/mol. The lowest BCUT2D eigenvalue weighted by atomic mass is 10.0. The highest BCUT2D eigenvalue weighted by atomic mass is 32.2. The Hall–Kier alpha value is -3.07. The molecule has 8 nitrogen and oxygen atoms in total. The van der Waals surface area contributed by atoms with Gasteiger partial charge in [-0.15, -0.1) is 10.2 Å². The first-order valence-electron chi connectivity index (χ1n) is 10.3. The molecule has 1 saturated heterocycles. The number of hydrogen-bond acceptors (Lipinski definition) is 7. The van der Waals surface area contributed by atoms with Gasteiger partial charge >= 0.3 is 0 Å². The summed E-state index contributed by atoms with van der Waals surface area (Å²) in [7, 11) is 1.91. The fraction of sp³-hybridized carbons (Fsp3) is 0.364. The summed E-state index contributed by atoms with van der Waals surface area (Å²) in [6, 6.07) is 9.86. The van der Waals surface area contributed by atoms with Crippen LogP contribution in [0.1, 0.15) is 24.4 Å². The lowest BCUT2D eigenvalue weighted by molar-refractivity contribution is -0.129. The summed E-state index contributed by atoms with van der Waals surface area (Å²) in [6.07, 6.45) is 5.40. The zero-order valence-corrected chi connectivity index (χ0v) is 18.0. The van der Waals surface area contributed by atoms with Crippen LogP contribution in [0.15, 0.2) is 47.9 Å². The van der Waals surface area contributed by atoms with Gasteiger partial charge in [-0.25, -0.2) is 0 Å². The molecule has 31 heavy (non-hydrogen) atoms. The number of pyridine rings is 1. The van der Waals surface area contributed by atoms with Gasteiger partial charge in [-0.3, -0.25) is 9.78 Å². The zero-order chi connectivity index (χ0) is 21.2. The van der Waals surface area contributed by atoms with E-state index >= 15 is 0 Å². The van der Waals surface area contributed by atoms with Crippen molar-refractivity contribution >= 4 is 17.7 Å². The number of nitrogens with zero attached hydrogens (tertiary/aromatic N) is 5. The highest BCUT2D eigenvalue weighted by Gasteiger charge is 2.31. The van der Waals surface area contributed by atoms with E-state index in [2.05, 4.69) is 15.2 Å². The lowest BCUT2D eigenvalue weighted by Gasteiger charge is -2.26. The van der Waals surface area contributed by atoms with E-state index in [0.717, 1.165) is 53.0 Å². The molecule has 9 heteroatoms. The van der Waals surface area contributed by atoms with Crippen LogP contribution in [0.2, 0.25) is 0 Å². The summed E-state index contributed by atoms with van der Waals surface area (Å²) >= 11 is 1.42. The normalized spacial score (nSPS) is 17.7. The van der Waals surface area contributed by atoms with Gasteiger partial charge < -0.3 is 18.9 Å². The van der Waals surface area contributed by atoms with E-state index in [1.54, 1.807) is 12.4 Å². The molecule has 0 radical (unpaired) electrons. The molecule has 160 valence electrons. The number of amides is 1. The molecule has 2 aliphatic rings. The molecule has 5 rings (SSSR count). The first-order valence-corrected chi connectivity index (χ1v) is 11.3. The van der Waals surface area contributed by atoms with E-state index in [-0.39, 0.29) is 11.9 Å². The minimum absolute atomic E-state index is 0.0656. The van der Waals surface area contributed by atoms with Crippen molar-refractivity contribution in [2.24, 2.45) is 7.05 Å². The molecule has 2 aromatic heterocycles. The molecule has 1 atom stereocenters. The fourth-order valence-electron chi connectivity index (χ4n) is 4.08. The van der Waals surface area contributed by atoms with Gasteiger partial charge in [0, 0.05) is 31.5 Å². The number of ether oxygens (including phenoxy) is 2. The molecule has 1 amide bonds. The van der Waals surface area contributed by atoms with Crippen LogP contribution in [0, 0.1) is 0 Å². The van der Waals surface area contributed by atoms with Crippen molar-refractivity contribution < 1.29 is 14.3 Å². The molecule has 2 aliphatic heterocycles. The monoisotopic (exact) mass is 437 g/mol. The van der Waals surface area contributed by atoms with Crippen LogP contribution in [0.5, 0.6) is 11.5 Å². The quantitative estimate of drug-likeness (QED) is 0.567. The average Bonchev–Trinajstić information content (AvgIpc) is 3.45. The van der Waals surface area contributed by atoms with Crippen molar-refractivity contribution in [1.82, 2.24) is 24.6 Å². The second-order valence-corrected chi connectivity index (χ2v) is 8.48. The largest absolute Gasteiger partial charge is 0.486 e. The van der Waals surface area contributed by atoms with Crippen LogP contribution in [0.4, 0.5) is 0 Å². The second kappa shape index (κ2) is 8.58. The van der Waals surface area contributed by atoms with E-state index in [9.17, 15) is 4.79 Å². The Bertz CT molecular complexity index is 1090. The summed E-state index contributed by atoms with van der Waals surface area (Å²) in [5, 5.41) is 9.27. The van der Waals surface area contributed by atoms with Gasteiger partial charge in [-0.1, -0.05) is 17.8 Å². The van der Waals surface area contributed by atoms with Crippen LogP contribution in [-0.4, -0.2) is 56.1 Å². The molecule has 1 unspecified atom stereocenters. The molecule has 1 fully saturated rings. The van der Waals surface area contributed by atoms with Gasteiger partial charge in [0.05, 0.1) is 11.8 Å². The van der Waals surface area contributed by atoms with Crippen molar-refractivity contribution in [3.8, 4) is 22.9 Å². The van der Waals surface area contributed by atoms with Gasteiger partial charge in [0.15, 0.2) is 22.5 Å². The maximum atomic E-state index is 13.1. The standard InChI is InChI=1S/C22H23N5O3S/c1-26-21(15-6-8-23-9-7-15)24-25-22(26)31-14-20(28)27-10-2-3-17(27)16-4-5-18-19(13-16)30-12-11-29-18/h4-9,13,17H,2-3,10-12,14H2,1H3. The summed E-state index contributed by atoms with van der Waals surface area (Å²) < 4.78 is 13.3. The number of likely N-dealkylation sites (tertiary alicyclic amines) is 1. The third kappa shape index (κ3) is 3.97. The maximum Gasteiger partial charge on any atom is 0.233 e. The van der Waals surface area contributed by atoms with Gasteiger partial charge in [-0.2, -0.15) is 0 Å². The van der Waals surface area contributed by atoms with Crippen molar-refractivity contribution in [1.29, 1.82) is 0 Å². The van der Waals surface area contributed by atoms with E-state index in [1.165, 1.54) is 11.8 Å². The summed E-state index contributed by atoms with van der Waals surface area (Å²) in [6.45, 7) is 1.89. The molecule has 0 aliphatic carbocycles. The molecule has 0 spiro atoms. The number of fused-ring (bicyclic) bond motifs is 1. The van der Waals surface area contributed by atoms with Gasteiger partial charge in [0.1, 0.15) is 13.2 Å². The molecule has 0 saturated carbocycles. The van der Waals surface area contributed by atoms with E-state index in [1.807, 2.05) is 46.8 Å². The third-order valence-electron chi connectivity index (χ3n) is 5.62. The zero-order valence-electron chi connectivity index (χ0n) is 17.2. The minimum Gasteiger partial charge on any atom is -0.486 e. The van der Waals surface area contributed by atoms with E-state index in [4.69, 9.17) is 9.47 Å². The number of carbonyl (C=O) groups is 1. The minimum atomic E-state index is 0.0656. The number of aromatic nitrogens is 4. The average molecular weight is 438 g/mol. The van der Waals surface area contributed by atoms with Crippen molar-refractivity contribution in [2.75, 3.05) is 25.5 Å². The molecule has 3 aromatic rings. The smallest absolute Gasteiger partial charge is 0.233 e. The molecule has 4 heterocycles. The Labute approximate surface area is 184 Å². The fourth-order valence-corrected chi connectivity index (χ4v) is 4.88. The highest BCUT2D eigenvalue weighted by Crippen LogP contribution is 2.38. The summed E-state index contributed by atoms with van der Waals surface area (Å²) in [5.74, 6) is 2.72. The van der Waals surface area contributed by atoms with Crippen LogP contribution in [-0.2, 0) is 11.8 Å². The number of rotatable bonds is 5. The Morgan fingerprint density at radius 3 is 2.77 bits per heavy atom. The molecule has 0 N–H and O–H groups in total. The molecule has 0 bridgehead atoms. The second-order valence-electron chi connectivity index (χ2n) is 7.54. The van der Waals surface area contributed by atoms with Crippen molar-refractivity contribution in [2.45, 2.75) is 24.0 Å². The first-order chi connectivity index (χ1) is 15.2. The Morgan fingerprint density at radius 1 is 1.13 bits per heavy atom. The lowest BCUT2D eigenvalue weighted by Crippen LogP contribution is -2.32. The SMILES string of the molecule is Cn1c(SCC(=O)N2CCCC2c2ccc3c(c2)OCCO3)nnc1-c1ccncc1. The first kappa shape index (κ1) is 19.9. The number of thioether (sulfide) groups is 1. The topological polar surface area (TPSA) is 82.4 Å². The van der Waals surface area contributed by atoms with Crippen LogP contribution in [0.3, 0.4) is 0 Å². The van der Waals surface area contributed by atoms with Crippen LogP contribution < -0.4 is 9.47 Å². The number of carbonyl (C=O) groups excluding carboxylic acids is 1. The summed E-state index contributed by atoms with van der Waals surface area (Å²) in [4.78, 5) is 19.1. The van der Waals surface area contributed by atoms with E-state index in [0.29, 0.717) is 19.0 Å². The Kier molecular flexibility index (Phi) is 5.50. The molecular formula is C22H23N5O3S. The maximum absolute atomic E-state index is 13.1. The molecule has 1 aromatic carbocycles. The van der Waals surface area contributed by atoms with Gasteiger partial charge in [0.2, 0.25) is 5.91 Å². The number of benzene rings is 1. The predicted octanol–water partition coefficient (Wildman–Crippen LogP) is 3.10. The summed E-state index contributed by atoms with van der Waals surface area (Å²) in [5.41, 5.74) is 2.04. The van der Waals surface area contributed by atoms with Crippen LogP contribution in [0.25, 0.3) is 11.4 Å². The van der Waals surface area contributed by atoms with Gasteiger partial charge in [0.25, 0.3) is 0 Å². The third-order valence-corrected chi connectivity index (χ3v) is 6.63. The van der Waals surface area contributed by atoms with Crippen molar-refractivity contribution in [3.63, 3.8) is 0 Å². The number of hydrogen-bond donors (Lipinski definition) is 0.